The first-order valence-electron chi connectivity index (χ1n) is 17.0. The molecule has 252 valence electrons. The van der Waals surface area contributed by atoms with E-state index in [0.717, 1.165) is 41.9 Å². The summed E-state index contributed by atoms with van der Waals surface area (Å²) in [5.41, 5.74) is 5.93. The van der Waals surface area contributed by atoms with Crippen molar-refractivity contribution in [2.75, 3.05) is 36.5 Å². The predicted octanol–water partition coefficient (Wildman–Crippen LogP) is 10.4. The van der Waals surface area contributed by atoms with E-state index in [0.29, 0.717) is 0 Å². The number of carbonyl (C=O) groups excluding carboxylic acids is 1. The minimum atomic E-state index is -0.516. The lowest BCUT2D eigenvalue weighted by atomic mass is 10.0. The number of ketones is 1. The first kappa shape index (κ1) is 38.0. The Morgan fingerprint density at radius 3 is 1.10 bits per heavy atom. The summed E-state index contributed by atoms with van der Waals surface area (Å²) in [7, 11) is 2.09. The SMILES string of the molecule is CCN(C)c1ccccc1.CCN(CC)c1ccccc1.O=C(c1ccccc1)c1ccccc1.OC(c1ccccc1)c1ccccc1. The van der Waals surface area contributed by atoms with Gasteiger partial charge in [-0.25, -0.2) is 0 Å². The van der Waals surface area contributed by atoms with Crippen LogP contribution in [0.5, 0.6) is 0 Å². The van der Waals surface area contributed by atoms with Gasteiger partial charge in [0.05, 0.1) is 0 Å². The van der Waals surface area contributed by atoms with E-state index >= 15 is 0 Å². The number of para-hydroxylation sites is 2. The van der Waals surface area contributed by atoms with E-state index < -0.39 is 6.10 Å². The number of benzene rings is 6. The highest BCUT2D eigenvalue weighted by Crippen LogP contribution is 2.20. The van der Waals surface area contributed by atoms with Crippen LogP contribution in [-0.4, -0.2) is 37.6 Å². The second-order valence-electron chi connectivity index (χ2n) is 11.1. The van der Waals surface area contributed by atoms with Crippen molar-refractivity contribution in [3.05, 3.63) is 204 Å². The quantitative estimate of drug-likeness (QED) is 0.158. The van der Waals surface area contributed by atoms with Crippen LogP contribution in [0.25, 0.3) is 0 Å². The lowest BCUT2D eigenvalue weighted by Crippen LogP contribution is -2.21. The molecular formula is C45H50N2O2. The molecule has 0 saturated carbocycles. The third-order valence-electron chi connectivity index (χ3n) is 7.86. The van der Waals surface area contributed by atoms with Gasteiger partial charge in [-0.3, -0.25) is 4.79 Å². The first-order chi connectivity index (χ1) is 24.0. The van der Waals surface area contributed by atoms with Crippen LogP contribution in [0.3, 0.4) is 0 Å². The molecule has 0 unspecified atom stereocenters. The number of aliphatic hydroxyl groups is 1. The molecule has 0 atom stereocenters. The lowest BCUT2D eigenvalue weighted by molar-refractivity contribution is 0.103. The Hall–Kier alpha value is -5.45. The molecular weight excluding hydrogens is 601 g/mol. The molecule has 6 rings (SSSR count). The van der Waals surface area contributed by atoms with Crippen molar-refractivity contribution in [3.8, 4) is 0 Å². The third-order valence-corrected chi connectivity index (χ3v) is 7.86. The second-order valence-corrected chi connectivity index (χ2v) is 11.1. The Morgan fingerprint density at radius 1 is 0.469 bits per heavy atom. The van der Waals surface area contributed by atoms with E-state index in [9.17, 15) is 9.90 Å². The fraction of sp³-hybridized carbons (Fsp3) is 0.178. The number of anilines is 2. The van der Waals surface area contributed by atoms with Gasteiger partial charge in [-0.15, -0.1) is 0 Å². The van der Waals surface area contributed by atoms with Gasteiger partial charge in [-0.1, -0.05) is 158 Å². The summed E-state index contributed by atoms with van der Waals surface area (Å²) in [6.07, 6.45) is -0.516. The van der Waals surface area contributed by atoms with Crippen LogP contribution in [0.4, 0.5) is 11.4 Å². The maximum atomic E-state index is 11.8. The number of hydrogen-bond donors (Lipinski definition) is 1. The van der Waals surface area contributed by atoms with Crippen molar-refractivity contribution >= 4 is 17.2 Å². The molecule has 0 aliphatic heterocycles. The molecule has 49 heavy (non-hydrogen) atoms. The zero-order valence-corrected chi connectivity index (χ0v) is 29.3. The van der Waals surface area contributed by atoms with E-state index in [1.165, 1.54) is 11.4 Å². The van der Waals surface area contributed by atoms with Gasteiger partial charge in [-0.2, -0.15) is 0 Å². The lowest BCUT2D eigenvalue weighted by Gasteiger charge is -2.20. The van der Waals surface area contributed by atoms with Crippen LogP contribution in [0.15, 0.2) is 182 Å². The Bertz CT molecular complexity index is 1600. The van der Waals surface area contributed by atoms with Gasteiger partial charge >= 0.3 is 0 Å². The summed E-state index contributed by atoms with van der Waals surface area (Å²) < 4.78 is 0. The topological polar surface area (TPSA) is 43.8 Å². The maximum absolute atomic E-state index is 11.8. The molecule has 0 aliphatic carbocycles. The largest absolute Gasteiger partial charge is 0.384 e. The minimum Gasteiger partial charge on any atom is -0.384 e. The molecule has 0 amide bonds. The molecule has 0 saturated heterocycles. The van der Waals surface area contributed by atoms with Crippen molar-refractivity contribution in [1.82, 2.24) is 0 Å². The van der Waals surface area contributed by atoms with Gasteiger partial charge in [0.25, 0.3) is 0 Å². The Labute approximate surface area is 293 Å². The minimum absolute atomic E-state index is 0.0752. The molecule has 4 heteroatoms. The fourth-order valence-corrected chi connectivity index (χ4v) is 4.90. The highest BCUT2D eigenvalue weighted by atomic mass is 16.3. The zero-order chi connectivity index (χ0) is 35.1. The third kappa shape index (κ3) is 13.3. The summed E-state index contributed by atoms with van der Waals surface area (Å²) in [4.78, 5) is 16.4. The Morgan fingerprint density at radius 2 is 0.776 bits per heavy atom. The molecule has 0 aromatic heterocycles. The number of carbonyl (C=O) groups is 1. The van der Waals surface area contributed by atoms with Crippen LogP contribution in [-0.2, 0) is 0 Å². The van der Waals surface area contributed by atoms with E-state index in [1.807, 2.05) is 133 Å². The normalized spacial score (nSPS) is 9.84. The summed E-state index contributed by atoms with van der Waals surface area (Å²) in [6.45, 7) is 9.73. The number of rotatable bonds is 9. The predicted molar refractivity (Wildman–Crippen MR) is 209 cm³/mol. The van der Waals surface area contributed by atoms with Gasteiger partial charge in [-0.05, 0) is 56.2 Å². The molecule has 0 radical (unpaired) electrons. The first-order valence-corrected chi connectivity index (χ1v) is 17.0. The Balaban J connectivity index is 0.000000179. The molecule has 0 spiro atoms. The number of hydrogen-bond acceptors (Lipinski definition) is 4. The van der Waals surface area contributed by atoms with E-state index in [2.05, 4.69) is 86.1 Å². The van der Waals surface area contributed by atoms with Gasteiger partial charge in [0.15, 0.2) is 5.78 Å². The molecule has 0 heterocycles. The molecule has 6 aromatic carbocycles. The highest BCUT2D eigenvalue weighted by Gasteiger charge is 2.08. The summed E-state index contributed by atoms with van der Waals surface area (Å²) >= 11 is 0. The van der Waals surface area contributed by atoms with Gasteiger partial charge in [0.2, 0.25) is 0 Å². The van der Waals surface area contributed by atoms with Crippen LogP contribution in [0.1, 0.15) is 53.9 Å². The second kappa shape index (κ2) is 22.2. The van der Waals surface area contributed by atoms with E-state index in [-0.39, 0.29) is 5.78 Å². The summed E-state index contributed by atoms with van der Waals surface area (Å²) in [6, 6.07) is 58.8. The smallest absolute Gasteiger partial charge is 0.193 e. The molecule has 4 nitrogen and oxygen atoms in total. The standard InChI is InChI=1S/C13H12O.C13H10O.C10H15N.C9H13N/c2*14-13(11-7-3-1-4-8-11)12-9-5-2-6-10-12;1-3-11(4-2)10-8-6-5-7-9-10;1-3-10(2)9-7-5-4-6-8-9/h1-10,13-14H;1-10H;5-9H,3-4H2,1-2H3;4-8H,3H2,1-2H3. The van der Waals surface area contributed by atoms with Crippen molar-refractivity contribution < 1.29 is 9.90 Å². The van der Waals surface area contributed by atoms with Gasteiger partial charge < -0.3 is 14.9 Å². The van der Waals surface area contributed by atoms with Crippen molar-refractivity contribution in [2.24, 2.45) is 0 Å². The average molecular weight is 651 g/mol. The fourth-order valence-electron chi connectivity index (χ4n) is 4.90. The van der Waals surface area contributed by atoms with Gasteiger partial charge in [0.1, 0.15) is 6.10 Å². The van der Waals surface area contributed by atoms with Crippen LogP contribution >= 0.6 is 0 Å². The molecule has 0 aliphatic rings. The highest BCUT2D eigenvalue weighted by molar-refractivity contribution is 6.08. The van der Waals surface area contributed by atoms with E-state index in [1.54, 1.807) is 0 Å². The van der Waals surface area contributed by atoms with Crippen molar-refractivity contribution in [2.45, 2.75) is 26.9 Å². The summed E-state index contributed by atoms with van der Waals surface area (Å²) in [5, 5.41) is 9.99. The summed E-state index contributed by atoms with van der Waals surface area (Å²) in [5.74, 6) is 0.0752. The maximum Gasteiger partial charge on any atom is 0.193 e. The van der Waals surface area contributed by atoms with Crippen LogP contribution in [0.2, 0.25) is 0 Å². The monoisotopic (exact) mass is 650 g/mol. The van der Waals surface area contributed by atoms with Crippen molar-refractivity contribution in [3.63, 3.8) is 0 Å². The van der Waals surface area contributed by atoms with E-state index in [4.69, 9.17) is 0 Å². The Kier molecular flexibility index (Phi) is 17.2. The number of nitrogens with zero attached hydrogens (tertiary/aromatic N) is 2. The number of aliphatic hydroxyl groups excluding tert-OH is 1. The molecule has 0 fully saturated rings. The van der Waals surface area contributed by atoms with Crippen LogP contribution in [0, 0.1) is 0 Å². The average Bonchev–Trinajstić information content (AvgIpc) is 3.20. The molecule has 1 N–H and O–H groups in total. The van der Waals surface area contributed by atoms with Crippen LogP contribution < -0.4 is 9.80 Å². The molecule has 6 aromatic rings. The molecule has 0 bridgehead atoms. The van der Waals surface area contributed by atoms with Gasteiger partial charge in [0, 0.05) is 49.2 Å². The zero-order valence-electron chi connectivity index (χ0n) is 29.3. The van der Waals surface area contributed by atoms with Crippen molar-refractivity contribution in [1.29, 1.82) is 0 Å².